The van der Waals surface area contributed by atoms with Crippen molar-refractivity contribution < 1.29 is 4.79 Å². The van der Waals surface area contributed by atoms with Crippen molar-refractivity contribution in [2.24, 2.45) is 5.73 Å². The average Bonchev–Trinajstić information content (AvgIpc) is 3.16. The summed E-state index contributed by atoms with van der Waals surface area (Å²) in [6, 6.07) is 9.78. The van der Waals surface area contributed by atoms with Gasteiger partial charge in [0.25, 0.3) is 0 Å². The van der Waals surface area contributed by atoms with Crippen LogP contribution in [0.5, 0.6) is 0 Å². The standard InChI is InChI=1S/C22H21ClN6O/c23-14-3-4-18-17(9-14)27-20(28(18)8-2-1-6-24)13-29-19-12-26-7-5-16(19)22(21(29)30)10-15(25)11-22/h3-5,7,9,12,15H,1-2,8,10-11,13,25H2/t15-,22-. The van der Waals surface area contributed by atoms with Gasteiger partial charge in [0.15, 0.2) is 0 Å². The number of imidazole rings is 1. The number of amides is 1. The Morgan fingerprint density at radius 1 is 1.33 bits per heavy atom. The first kappa shape index (κ1) is 19.0. The molecule has 1 aliphatic heterocycles. The van der Waals surface area contributed by atoms with Gasteiger partial charge in [0.2, 0.25) is 5.91 Å². The Morgan fingerprint density at radius 3 is 2.93 bits per heavy atom. The number of halogens is 1. The van der Waals surface area contributed by atoms with E-state index < -0.39 is 5.41 Å². The summed E-state index contributed by atoms with van der Waals surface area (Å²) in [5, 5.41) is 9.55. The summed E-state index contributed by atoms with van der Waals surface area (Å²) in [6.07, 6.45) is 5.98. The van der Waals surface area contributed by atoms with E-state index in [0.717, 1.165) is 28.1 Å². The first-order valence-electron chi connectivity index (χ1n) is 10.1. The predicted octanol–water partition coefficient (Wildman–Crippen LogP) is 3.29. The maximum absolute atomic E-state index is 13.5. The van der Waals surface area contributed by atoms with Crippen LogP contribution in [0.3, 0.4) is 0 Å². The molecule has 152 valence electrons. The third kappa shape index (κ3) is 2.79. The number of unbranched alkanes of at least 4 members (excludes halogenated alkanes) is 1. The van der Waals surface area contributed by atoms with E-state index in [0.29, 0.717) is 43.8 Å². The van der Waals surface area contributed by atoms with Crippen LogP contribution in [0.4, 0.5) is 5.69 Å². The van der Waals surface area contributed by atoms with Gasteiger partial charge in [-0.05, 0) is 49.1 Å². The van der Waals surface area contributed by atoms with Crippen molar-refractivity contribution in [1.82, 2.24) is 14.5 Å². The molecule has 1 aromatic carbocycles. The molecule has 2 aromatic heterocycles. The molecule has 0 bridgehead atoms. The molecule has 0 unspecified atom stereocenters. The molecule has 3 aromatic rings. The van der Waals surface area contributed by atoms with Crippen LogP contribution in [0.25, 0.3) is 11.0 Å². The van der Waals surface area contributed by atoms with Gasteiger partial charge in [-0.1, -0.05) is 11.6 Å². The highest BCUT2D eigenvalue weighted by atomic mass is 35.5. The van der Waals surface area contributed by atoms with E-state index in [1.54, 1.807) is 17.3 Å². The lowest BCUT2D eigenvalue weighted by Crippen LogP contribution is -2.54. The number of aromatic nitrogens is 3. The number of carbonyl (C=O) groups excluding carboxylic acids is 1. The van der Waals surface area contributed by atoms with Crippen LogP contribution in [0.1, 0.15) is 37.1 Å². The molecule has 1 aliphatic carbocycles. The summed E-state index contributed by atoms with van der Waals surface area (Å²) in [7, 11) is 0. The van der Waals surface area contributed by atoms with Gasteiger partial charge in [-0.25, -0.2) is 4.98 Å². The monoisotopic (exact) mass is 420 g/mol. The highest BCUT2D eigenvalue weighted by Crippen LogP contribution is 2.53. The first-order chi connectivity index (χ1) is 14.5. The molecule has 1 spiro atoms. The first-order valence-corrected chi connectivity index (χ1v) is 10.4. The van der Waals surface area contributed by atoms with Crippen molar-refractivity contribution in [2.75, 3.05) is 4.90 Å². The van der Waals surface area contributed by atoms with Crippen LogP contribution in [0, 0.1) is 11.3 Å². The average molecular weight is 421 g/mol. The van der Waals surface area contributed by atoms with E-state index in [9.17, 15) is 4.79 Å². The Hall–Kier alpha value is -2.95. The smallest absolute Gasteiger partial charge is 0.238 e. The summed E-state index contributed by atoms with van der Waals surface area (Å²) < 4.78 is 2.09. The Morgan fingerprint density at radius 2 is 2.17 bits per heavy atom. The summed E-state index contributed by atoms with van der Waals surface area (Å²) in [5.41, 5.74) is 9.12. The minimum absolute atomic E-state index is 0.0487. The number of aryl methyl sites for hydroxylation is 1. The van der Waals surface area contributed by atoms with Crippen LogP contribution < -0.4 is 10.6 Å². The molecule has 2 N–H and O–H groups in total. The molecule has 1 amide bonds. The zero-order valence-electron chi connectivity index (χ0n) is 16.4. The van der Waals surface area contributed by atoms with Gasteiger partial charge in [0, 0.05) is 30.2 Å². The Bertz CT molecular complexity index is 1190. The number of anilines is 1. The fraction of sp³-hybridized carbons (Fsp3) is 0.364. The fourth-order valence-corrected chi connectivity index (χ4v) is 5.02. The number of hydrogen-bond donors (Lipinski definition) is 1. The Labute approximate surface area is 179 Å². The molecule has 1 fully saturated rings. The second-order valence-corrected chi connectivity index (χ2v) is 8.55. The zero-order chi connectivity index (χ0) is 20.9. The lowest BCUT2D eigenvalue weighted by atomic mass is 9.62. The van der Waals surface area contributed by atoms with E-state index in [2.05, 4.69) is 15.6 Å². The minimum Gasteiger partial charge on any atom is -0.328 e. The molecule has 30 heavy (non-hydrogen) atoms. The number of fused-ring (bicyclic) bond motifs is 3. The van der Waals surface area contributed by atoms with Crippen molar-refractivity contribution in [1.29, 1.82) is 5.26 Å². The van der Waals surface area contributed by atoms with Crippen molar-refractivity contribution in [3.05, 3.63) is 53.1 Å². The predicted molar refractivity (Wildman–Crippen MR) is 114 cm³/mol. The van der Waals surface area contributed by atoms with Crippen LogP contribution in [0.15, 0.2) is 36.7 Å². The summed E-state index contributed by atoms with van der Waals surface area (Å²) in [4.78, 5) is 24.3. The lowest BCUT2D eigenvalue weighted by Gasteiger charge is -2.42. The number of nitrogens with zero attached hydrogens (tertiary/aromatic N) is 5. The van der Waals surface area contributed by atoms with E-state index in [1.165, 1.54) is 0 Å². The normalized spacial score (nSPS) is 22.4. The van der Waals surface area contributed by atoms with E-state index in [4.69, 9.17) is 27.6 Å². The molecule has 8 heteroatoms. The highest BCUT2D eigenvalue weighted by Gasteiger charge is 2.57. The van der Waals surface area contributed by atoms with Gasteiger partial charge in [-0.15, -0.1) is 0 Å². The molecule has 0 radical (unpaired) electrons. The quantitative estimate of drug-likeness (QED) is 0.638. The maximum Gasteiger partial charge on any atom is 0.238 e. The largest absolute Gasteiger partial charge is 0.328 e. The Balaban J connectivity index is 1.55. The molecular weight excluding hydrogens is 400 g/mol. The van der Waals surface area contributed by atoms with Crippen LogP contribution >= 0.6 is 11.6 Å². The molecular formula is C22H21ClN6O. The second kappa shape index (κ2) is 7.08. The molecule has 5 rings (SSSR count). The van der Waals surface area contributed by atoms with Gasteiger partial charge < -0.3 is 15.2 Å². The van der Waals surface area contributed by atoms with Crippen molar-refractivity contribution in [3.8, 4) is 6.07 Å². The molecule has 0 saturated heterocycles. The van der Waals surface area contributed by atoms with Gasteiger partial charge >= 0.3 is 0 Å². The number of nitriles is 1. The third-order valence-electron chi connectivity index (χ3n) is 6.24. The summed E-state index contributed by atoms with van der Waals surface area (Å²) in [6.45, 7) is 0.992. The summed E-state index contributed by atoms with van der Waals surface area (Å²) in [5.74, 6) is 0.842. The van der Waals surface area contributed by atoms with E-state index in [1.807, 2.05) is 24.3 Å². The van der Waals surface area contributed by atoms with Crippen LogP contribution in [0.2, 0.25) is 5.02 Å². The maximum atomic E-state index is 13.5. The molecule has 0 atom stereocenters. The number of nitrogens with two attached hydrogens (primary N) is 1. The van der Waals surface area contributed by atoms with Crippen molar-refractivity contribution in [2.45, 2.75) is 50.2 Å². The highest BCUT2D eigenvalue weighted by molar-refractivity contribution is 6.31. The van der Waals surface area contributed by atoms with Crippen molar-refractivity contribution >= 4 is 34.2 Å². The number of hydrogen-bond acceptors (Lipinski definition) is 5. The summed E-state index contributed by atoms with van der Waals surface area (Å²) >= 11 is 6.17. The Kier molecular flexibility index (Phi) is 4.49. The van der Waals surface area contributed by atoms with E-state index >= 15 is 0 Å². The van der Waals surface area contributed by atoms with Crippen LogP contribution in [-0.2, 0) is 23.3 Å². The van der Waals surface area contributed by atoms with Crippen LogP contribution in [-0.4, -0.2) is 26.5 Å². The SMILES string of the molecule is N#CCCCn1c(CN2c3cnccc3[C@]3(C[C@@H](N)C3)C2=O)nc2cc(Cl)ccc21. The van der Waals surface area contributed by atoms with E-state index in [-0.39, 0.29) is 11.9 Å². The van der Waals surface area contributed by atoms with Gasteiger partial charge in [0.05, 0.1) is 40.9 Å². The zero-order valence-corrected chi connectivity index (χ0v) is 17.1. The third-order valence-corrected chi connectivity index (χ3v) is 6.48. The van der Waals surface area contributed by atoms with Crippen molar-refractivity contribution in [3.63, 3.8) is 0 Å². The number of benzene rings is 1. The van der Waals surface area contributed by atoms with Gasteiger partial charge in [-0.2, -0.15) is 5.26 Å². The second-order valence-electron chi connectivity index (χ2n) is 8.11. The molecule has 1 saturated carbocycles. The number of pyridine rings is 1. The molecule has 7 nitrogen and oxygen atoms in total. The number of rotatable bonds is 5. The van der Waals surface area contributed by atoms with Gasteiger partial charge in [-0.3, -0.25) is 9.78 Å². The lowest BCUT2D eigenvalue weighted by molar-refractivity contribution is -0.126. The number of carbonyl (C=O) groups is 1. The van der Waals surface area contributed by atoms with Gasteiger partial charge in [0.1, 0.15) is 5.82 Å². The fourth-order valence-electron chi connectivity index (χ4n) is 4.86. The molecule has 3 heterocycles. The molecule has 2 aliphatic rings. The minimum atomic E-state index is -0.529. The topological polar surface area (TPSA) is 101 Å².